The van der Waals surface area contributed by atoms with E-state index in [0.29, 0.717) is 12.5 Å². The summed E-state index contributed by atoms with van der Waals surface area (Å²) in [5.74, 6) is 2.49. The number of fused-ring (bicyclic) bond motifs is 3. The number of hydrogen-bond donors (Lipinski definition) is 2. The van der Waals surface area contributed by atoms with Gasteiger partial charge in [0.25, 0.3) is 0 Å². The van der Waals surface area contributed by atoms with Gasteiger partial charge in [-0.25, -0.2) is 9.97 Å². The lowest BCUT2D eigenvalue weighted by atomic mass is 9.72. The van der Waals surface area contributed by atoms with E-state index >= 15 is 0 Å². The Hall–Kier alpha value is -2.64. The van der Waals surface area contributed by atoms with Crippen LogP contribution in [0.4, 0.5) is 5.13 Å². The van der Waals surface area contributed by atoms with Gasteiger partial charge in [-0.3, -0.25) is 0 Å². The molecule has 6 nitrogen and oxygen atoms in total. The highest BCUT2D eigenvalue weighted by atomic mass is 32.1. The maximum absolute atomic E-state index is 5.87. The van der Waals surface area contributed by atoms with E-state index in [1.54, 1.807) is 11.3 Å². The van der Waals surface area contributed by atoms with Gasteiger partial charge < -0.3 is 20.3 Å². The molecule has 30 heavy (non-hydrogen) atoms. The molecule has 1 spiro atoms. The van der Waals surface area contributed by atoms with Crippen LogP contribution in [0.1, 0.15) is 24.8 Å². The molecule has 2 bridgehead atoms. The van der Waals surface area contributed by atoms with E-state index in [1.165, 1.54) is 25.9 Å². The fourth-order valence-electron chi connectivity index (χ4n) is 5.06. The molecule has 4 aliphatic heterocycles. The zero-order valence-electron chi connectivity index (χ0n) is 16.8. The van der Waals surface area contributed by atoms with Crippen LogP contribution in [0, 0.1) is 5.92 Å². The molecule has 3 fully saturated rings. The summed E-state index contributed by atoms with van der Waals surface area (Å²) in [5, 5.41) is 8.18. The average molecular weight is 420 g/mol. The van der Waals surface area contributed by atoms with Crippen molar-refractivity contribution in [1.29, 1.82) is 0 Å². The van der Waals surface area contributed by atoms with E-state index in [2.05, 4.69) is 38.7 Å². The minimum absolute atomic E-state index is 0.214. The molecule has 2 N–H and O–H groups in total. The summed E-state index contributed by atoms with van der Waals surface area (Å²) in [6, 6.07) is 14.0. The van der Waals surface area contributed by atoms with Gasteiger partial charge in [0, 0.05) is 12.6 Å². The monoisotopic (exact) mass is 419 g/mol. The minimum Gasteiger partial charge on any atom is -0.473 e. The summed E-state index contributed by atoms with van der Waals surface area (Å²) >= 11 is 1.57. The zero-order chi connectivity index (χ0) is 20.0. The van der Waals surface area contributed by atoms with Crippen LogP contribution in [-0.2, 0) is 6.61 Å². The molecule has 4 aliphatic rings. The second-order valence-electron chi connectivity index (χ2n) is 8.55. The Morgan fingerprint density at radius 1 is 1.13 bits per heavy atom. The molecule has 3 aromatic rings. The molecule has 0 saturated carbocycles. The van der Waals surface area contributed by atoms with Crippen molar-refractivity contribution >= 4 is 26.8 Å². The Balaban J connectivity index is 1.13. The normalized spacial score (nSPS) is 27.3. The third-order valence-electron chi connectivity index (χ3n) is 6.63. The van der Waals surface area contributed by atoms with Gasteiger partial charge in [0.15, 0.2) is 5.13 Å². The van der Waals surface area contributed by atoms with Crippen LogP contribution in [0.25, 0.3) is 10.3 Å². The molecule has 0 aliphatic carbocycles. The molecule has 0 radical (unpaired) electrons. The van der Waals surface area contributed by atoms with Crippen molar-refractivity contribution in [2.24, 2.45) is 5.92 Å². The number of thiazole rings is 1. The topological polar surface area (TPSA) is 62.3 Å². The standard InChI is InChI=1S/C23H25N5OS/c1-2-4-16(5-3-1)14-29-20-7-6-18-21(26-20)30-22(24-18)25-19-8-11-23(27-19)15-28-12-9-17(23)10-13-28/h1-8,17,27H,9-15H2,(H,24,25)/t23-/m0/s1. The summed E-state index contributed by atoms with van der Waals surface area (Å²) in [6.07, 6.45) is 6.02. The lowest BCUT2D eigenvalue weighted by Crippen LogP contribution is -2.64. The van der Waals surface area contributed by atoms with E-state index in [-0.39, 0.29) is 5.54 Å². The van der Waals surface area contributed by atoms with Crippen LogP contribution in [0.15, 0.2) is 54.4 Å². The first kappa shape index (κ1) is 18.2. The van der Waals surface area contributed by atoms with E-state index in [9.17, 15) is 0 Å². The molecule has 7 heteroatoms. The summed E-state index contributed by atoms with van der Waals surface area (Å²) in [4.78, 5) is 12.9. The van der Waals surface area contributed by atoms with Crippen LogP contribution in [-0.4, -0.2) is 40.0 Å². The maximum atomic E-state index is 5.87. The quantitative estimate of drug-likeness (QED) is 0.652. The molecular weight excluding hydrogens is 394 g/mol. The Kier molecular flexibility index (Phi) is 4.39. The first-order chi connectivity index (χ1) is 14.8. The predicted octanol–water partition coefficient (Wildman–Crippen LogP) is 3.98. The smallest absolute Gasteiger partial charge is 0.215 e. The van der Waals surface area contributed by atoms with Gasteiger partial charge in [0.2, 0.25) is 5.88 Å². The average Bonchev–Trinajstić information content (AvgIpc) is 3.37. The van der Waals surface area contributed by atoms with E-state index in [0.717, 1.165) is 45.7 Å². The number of nitrogens with zero attached hydrogens (tertiary/aromatic N) is 3. The van der Waals surface area contributed by atoms with Crippen molar-refractivity contribution in [3.63, 3.8) is 0 Å². The Bertz CT molecular complexity index is 1090. The van der Waals surface area contributed by atoms with Gasteiger partial charge in [0.1, 0.15) is 22.8 Å². The number of nitrogens with one attached hydrogen (secondary N) is 2. The lowest BCUT2D eigenvalue weighted by Gasteiger charge is -2.52. The number of ether oxygens (including phenoxy) is 1. The maximum Gasteiger partial charge on any atom is 0.215 e. The van der Waals surface area contributed by atoms with Gasteiger partial charge in [-0.15, -0.1) is 0 Å². The summed E-state index contributed by atoms with van der Waals surface area (Å²) in [5.41, 5.74) is 2.24. The van der Waals surface area contributed by atoms with E-state index in [1.807, 2.05) is 30.3 Å². The number of pyridine rings is 1. The zero-order valence-corrected chi connectivity index (χ0v) is 17.6. The van der Waals surface area contributed by atoms with Gasteiger partial charge in [-0.05, 0) is 56.0 Å². The fraction of sp³-hybridized carbons (Fsp3) is 0.391. The number of benzene rings is 1. The molecule has 6 heterocycles. The van der Waals surface area contributed by atoms with Gasteiger partial charge in [-0.1, -0.05) is 41.7 Å². The van der Waals surface area contributed by atoms with Crippen molar-refractivity contribution in [2.45, 2.75) is 31.4 Å². The fourth-order valence-corrected chi connectivity index (χ4v) is 5.90. The Morgan fingerprint density at radius 3 is 2.80 bits per heavy atom. The molecule has 3 saturated heterocycles. The SMILES string of the molecule is C1=C(Nc2nc3ccc(OCc4ccccc4)nc3s2)N[C@@]2(C1)CN1CCC2CC1. The van der Waals surface area contributed by atoms with Crippen molar-refractivity contribution < 1.29 is 4.74 Å². The van der Waals surface area contributed by atoms with Crippen molar-refractivity contribution in [3.05, 3.63) is 59.9 Å². The summed E-state index contributed by atoms with van der Waals surface area (Å²) in [7, 11) is 0. The van der Waals surface area contributed by atoms with Crippen LogP contribution < -0.4 is 15.4 Å². The number of piperidine rings is 3. The number of aromatic nitrogens is 2. The van der Waals surface area contributed by atoms with Crippen molar-refractivity contribution in [3.8, 4) is 5.88 Å². The predicted molar refractivity (Wildman–Crippen MR) is 120 cm³/mol. The van der Waals surface area contributed by atoms with Gasteiger partial charge in [-0.2, -0.15) is 0 Å². The van der Waals surface area contributed by atoms with Crippen LogP contribution in [0.2, 0.25) is 0 Å². The van der Waals surface area contributed by atoms with Gasteiger partial charge >= 0.3 is 0 Å². The number of rotatable bonds is 5. The van der Waals surface area contributed by atoms with Crippen LogP contribution >= 0.6 is 11.3 Å². The summed E-state index contributed by atoms with van der Waals surface area (Å²) < 4.78 is 5.87. The molecule has 1 aromatic carbocycles. The number of hydrogen-bond acceptors (Lipinski definition) is 7. The van der Waals surface area contributed by atoms with Crippen molar-refractivity contribution in [2.75, 3.05) is 25.0 Å². The molecule has 2 aromatic heterocycles. The second-order valence-corrected chi connectivity index (χ2v) is 9.52. The molecule has 0 unspecified atom stereocenters. The Morgan fingerprint density at radius 2 is 2.00 bits per heavy atom. The van der Waals surface area contributed by atoms with Crippen LogP contribution in [0.5, 0.6) is 5.88 Å². The molecular formula is C23H25N5OS. The lowest BCUT2D eigenvalue weighted by molar-refractivity contribution is 0.0189. The minimum atomic E-state index is 0.214. The van der Waals surface area contributed by atoms with Crippen LogP contribution in [0.3, 0.4) is 0 Å². The highest BCUT2D eigenvalue weighted by Crippen LogP contribution is 2.41. The molecule has 7 rings (SSSR count). The molecule has 154 valence electrons. The second kappa shape index (κ2) is 7.25. The number of anilines is 1. The van der Waals surface area contributed by atoms with Crippen molar-refractivity contribution in [1.82, 2.24) is 20.2 Å². The van der Waals surface area contributed by atoms with Gasteiger partial charge in [0.05, 0.1) is 5.54 Å². The first-order valence-electron chi connectivity index (χ1n) is 10.7. The van der Waals surface area contributed by atoms with E-state index in [4.69, 9.17) is 9.72 Å². The first-order valence-corrected chi connectivity index (χ1v) is 11.5. The summed E-state index contributed by atoms with van der Waals surface area (Å²) in [6.45, 7) is 4.19. The largest absolute Gasteiger partial charge is 0.473 e. The third-order valence-corrected chi connectivity index (χ3v) is 7.51. The highest BCUT2D eigenvalue weighted by molar-refractivity contribution is 7.21. The van der Waals surface area contributed by atoms with E-state index < -0.39 is 0 Å². The third kappa shape index (κ3) is 3.32. The molecule has 0 amide bonds. The Labute approximate surface area is 180 Å². The highest BCUT2D eigenvalue weighted by Gasteiger charge is 2.48. The molecule has 1 atom stereocenters.